The van der Waals surface area contributed by atoms with Crippen LogP contribution in [0.25, 0.3) is 10.9 Å². The summed E-state index contributed by atoms with van der Waals surface area (Å²) in [6.07, 6.45) is 2.34. The Morgan fingerprint density at radius 1 is 1.08 bits per heavy atom. The van der Waals surface area contributed by atoms with Crippen LogP contribution in [-0.4, -0.2) is 56.4 Å². The first-order chi connectivity index (χ1) is 17.7. The Morgan fingerprint density at radius 2 is 1.84 bits per heavy atom. The van der Waals surface area contributed by atoms with E-state index in [0.717, 1.165) is 28.6 Å². The normalized spacial score (nSPS) is 15.1. The highest BCUT2D eigenvalue weighted by molar-refractivity contribution is 7.80. The fraction of sp³-hybridized carbons (Fsp3) is 0.320. The van der Waals surface area contributed by atoms with Gasteiger partial charge in [-0.05, 0) is 54.9 Å². The van der Waals surface area contributed by atoms with Crippen LogP contribution in [0.4, 0.5) is 11.4 Å². The van der Waals surface area contributed by atoms with Crippen molar-refractivity contribution in [3.63, 3.8) is 0 Å². The van der Waals surface area contributed by atoms with Gasteiger partial charge in [-0.1, -0.05) is 59.1 Å². The maximum absolute atomic E-state index is 12.9. The number of nitrogens with two attached hydrogens (primary N) is 1. The van der Waals surface area contributed by atoms with Gasteiger partial charge in [0.15, 0.2) is 11.3 Å². The van der Waals surface area contributed by atoms with E-state index in [-0.39, 0.29) is 24.8 Å². The lowest BCUT2D eigenvalue weighted by Gasteiger charge is -2.44. The summed E-state index contributed by atoms with van der Waals surface area (Å²) in [5.74, 6) is -0.549. The highest BCUT2D eigenvalue weighted by Crippen LogP contribution is 2.35. The SMILES string of the molecule is NCC(=O)Nc1ccc(CCC(=O)NC(N2CCCN(c3cccc4cc[nH]c34)C2=S)C(Cl)(Cl)Cl)cc1. The van der Waals surface area contributed by atoms with Gasteiger partial charge in [0, 0.05) is 36.8 Å². The van der Waals surface area contributed by atoms with Crippen molar-refractivity contribution in [1.82, 2.24) is 15.2 Å². The highest BCUT2D eigenvalue weighted by Gasteiger charge is 2.42. The molecule has 1 aliphatic rings. The summed E-state index contributed by atoms with van der Waals surface area (Å²) in [5.41, 5.74) is 8.77. The van der Waals surface area contributed by atoms with E-state index in [2.05, 4.69) is 15.6 Å². The quantitative estimate of drug-likeness (QED) is 0.233. The molecule has 2 aromatic carbocycles. The molecule has 1 aromatic heterocycles. The maximum atomic E-state index is 12.9. The molecule has 37 heavy (non-hydrogen) atoms. The van der Waals surface area contributed by atoms with Crippen LogP contribution in [-0.2, 0) is 16.0 Å². The molecule has 2 amide bonds. The number of alkyl halides is 3. The molecule has 1 unspecified atom stereocenters. The van der Waals surface area contributed by atoms with Gasteiger partial charge < -0.3 is 31.2 Å². The molecule has 3 aromatic rings. The van der Waals surface area contributed by atoms with Crippen LogP contribution in [0, 0.1) is 0 Å². The number of aromatic amines is 1. The number of aromatic nitrogens is 1. The van der Waals surface area contributed by atoms with E-state index in [4.69, 9.17) is 52.8 Å². The van der Waals surface area contributed by atoms with Gasteiger partial charge in [0.25, 0.3) is 0 Å². The molecule has 1 aliphatic heterocycles. The first-order valence-corrected chi connectivity index (χ1v) is 13.3. The lowest BCUT2D eigenvalue weighted by molar-refractivity contribution is -0.122. The fourth-order valence-corrected chi connectivity index (χ4v) is 5.19. The summed E-state index contributed by atoms with van der Waals surface area (Å²) >= 11 is 24.9. The summed E-state index contributed by atoms with van der Waals surface area (Å²) in [5, 5.41) is 7.09. The summed E-state index contributed by atoms with van der Waals surface area (Å²) < 4.78 is -1.82. The number of hydrogen-bond acceptors (Lipinski definition) is 4. The van der Waals surface area contributed by atoms with Gasteiger partial charge in [-0.15, -0.1) is 0 Å². The maximum Gasteiger partial charge on any atom is 0.238 e. The van der Waals surface area contributed by atoms with E-state index >= 15 is 0 Å². The van der Waals surface area contributed by atoms with Crippen LogP contribution in [0.3, 0.4) is 0 Å². The van der Waals surface area contributed by atoms with Crippen molar-refractivity contribution in [3.8, 4) is 0 Å². The lowest BCUT2D eigenvalue weighted by atomic mass is 10.1. The van der Waals surface area contributed by atoms with Gasteiger partial charge in [-0.2, -0.15) is 0 Å². The molecule has 0 radical (unpaired) electrons. The van der Waals surface area contributed by atoms with Crippen molar-refractivity contribution < 1.29 is 9.59 Å². The Morgan fingerprint density at radius 3 is 2.54 bits per heavy atom. The van der Waals surface area contributed by atoms with Gasteiger partial charge in [0.2, 0.25) is 15.6 Å². The third kappa shape index (κ3) is 6.66. The zero-order valence-electron chi connectivity index (χ0n) is 19.8. The average molecular weight is 582 g/mol. The minimum absolute atomic E-state index is 0.0911. The van der Waals surface area contributed by atoms with E-state index < -0.39 is 9.96 Å². The standard InChI is InChI=1S/C25H27Cl3N6O2S/c26-25(27,28)23(32-20(35)10-7-16-5-8-18(9-6-16)31-21(36)15-29)34-14-2-13-33(24(34)37)19-4-1-3-17-11-12-30-22(17)19/h1,3-6,8-9,11-12,23,30H,2,7,10,13-15,29H2,(H,31,36)(H,32,35). The largest absolute Gasteiger partial charge is 0.359 e. The number of carbonyl (C=O) groups is 2. The number of anilines is 2. The van der Waals surface area contributed by atoms with Crippen LogP contribution in [0.15, 0.2) is 54.7 Å². The van der Waals surface area contributed by atoms with Gasteiger partial charge in [0.05, 0.1) is 17.7 Å². The number of carbonyl (C=O) groups excluding carboxylic acids is 2. The third-order valence-corrected chi connectivity index (χ3v) is 7.17. The number of halogens is 3. The number of para-hydroxylation sites is 1. The number of nitrogens with zero attached hydrogens (tertiary/aromatic N) is 2. The summed E-state index contributed by atoms with van der Waals surface area (Å²) in [4.78, 5) is 31.4. The molecule has 4 rings (SSSR count). The molecule has 5 N–H and O–H groups in total. The van der Waals surface area contributed by atoms with Gasteiger partial charge in [-0.25, -0.2) is 0 Å². The van der Waals surface area contributed by atoms with Crippen molar-refractivity contribution in [2.45, 2.75) is 29.2 Å². The van der Waals surface area contributed by atoms with E-state index in [0.29, 0.717) is 30.3 Å². The Bertz CT molecular complexity index is 1280. The zero-order chi connectivity index (χ0) is 26.6. The molecule has 1 fully saturated rings. The predicted octanol–water partition coefficient (Wildman–Crippen LogP) is 4.31. The Kier molecular flexibility index (Phi) is 8.82. The van der Waals surface area contributed by atoms with E-state index in [1.54, 1.807) is 17.0 Å². The monoisotopic (exact) mass is 580 g/mol. The van der Waals surface area contributed by atoms with Crippen LogP contribution >= 0.6 is 47.0 Å². The molecular formula is C25H27Cl3N6O2S. The van der Waals surface area contributed by atoms with E-state index in [1.807, 2.05) is 47.5 Å². The van der Waals surface area contributed by atoms with Gasteiger partial charge in [-0.3, -0.25) is 9.59 Å². The van der Waals surface area contributed by atoms with Gasteiger partial charge in [0.1, 0.15) is 0 Å². The molecule has 0 bridgehead atoms. The van der Waals surface area contributed by atoms with Crippen LogP contribution in [0.2, 0.25) is 0 Å². The molecule has 1 atom stereocenters. The van der Waals surface area contributed by atoms with Gasteiger partial charge >= 0.3 is 0 Å². The molecule has 2 heterocycles. The van der Waals surface area contributed by atoms with Crippen LogP contribution in [0.1, 0.15) is 18.4 Å². The average Bonchev–Trinajstić information content (AvgIpc) is 3.36. The summed E-state index contributed by atoms with van der Waals surface area (Å²) in [6, 6.07) is 15.2. The van der Waals surface area contributed by atoms with E-state index in [1.165, 1.54) is 0 Å². The second-order valence-corrected chi connectivity index (χ2v) is 11.4. The van der Waals surface area contributed by atoms with Crippen LogP contribution < -0.4 is 21.3 Å². The molecular weight excluding hydrogens is 555 g/mol. The number of amides is 2. The van der Waals surface area contributed by atoms with Crippen LogP contribution in [0.5, 0.6) is 0 Å². The van der Waals surface area contributed by atoms with Crippen molar-refractivity contribution in [3.05, 3.63) is 60.3 Å². The number of thiocarbonyl (C=S) groups is 1. The number of benzene rings is 2. The highest BCUT2D eigenvalue weighted by atomic mass is 35.6. The lowest BCUT2D eigenvalue weighted by Crippen LogP contribution is -2.62. The Balaban J connectivity index is 1.43. The predicted molar refractivity (Wildman–Crippen MR) is 154 cm³/mol. The smallest absolute Gasteiger partial charge is 0.238 e. The summed E-state index contributed by atoms with van der Waals surface area (Å²) in [6.45, 7) is 1.15. The molecule has 196 valence electrons. The molecule has 0 aliphatic carbocycles. The molecule has 12 heteroatoms. The number of hydrogen-bond donors (Lipinski definition) is 4. The molecule has 0 saturated carbocycles. The number of fused-ring (bicyclic) bond motifs is 1. The number of nitrogens with one attached hydrogen (secondary N) is 3. The van der Waals surface area contributed by atoms with Crippen molar-refractivity contribution in [2.24, 2.45) is 5.73 Å². The molecule has 1 saturated heterocycles. The first kappa shape index (κ1) is 27.5. The number of H-pyrrole nitrogens is 1. The molecule has 8 nitrogen and oxygen atoms in total. The first-order valence-electron chi connectivity index (χ1n) is 11.8. The second kappa shape index (κ2) is 11.9. The Labute approximate surface area is 235 Å². The van der Waals surface area contributed by atoms with Crippen molar-refractivity contribution in [1.29, 1.82) is 0 Å². The summed E-state index contributed by atoms with van der Waals surface area (Å²) in [7, 11) is 0. The number of aryl methyl sites for hydroxylation is 1. The van der Waals surface area contributed by atoms with Crippen molar-refractivity contribution >= 4 is 86.2 Å². The minimum Gasteiger partial charge on any atom is -0.359 e. The topological polar surface area (TPSA) is 106 Å². The third-order valence-electron chi connectivity index (χ3n) is 6.10. The molecule has 0 spiro atoms. The fourth-order valence-electron chi connectivity index (χ4n) is 4.29. The van der Waals surface area contributed by atoms with E-state index in [9.17, 15) is 9.59 Å². The Hall–Kier alpha value is -2.56. The van der Waals surface area contributed by atoms with Crippen molar-refractivity contribution in [2.75, 3.05) is 29.9 Å². The minimum atomic E-state index is -1.82. The second-order valence-electron chi connectivity index (χ2n) is 8.66. The number of rotatable bonds is 8. The zero-order valence-corrected chi connectivity index (χ0v) is 22.9.